The molecule has 31 heavy (non-hydrogen) atoms. The second-order valence-electron chi connectivity index (χ2n) is 11.2. The van der Waals surface area contributed by atoms with Crippen molar-refractivity contribution in [3.8, 4) is 0 Å². The number of halogens is 1. The van der Waals surface area contributed by atoms with Crippen LogP contribution < -0.4 is 12.4 Å². The van der Waals surface area contributed by atoms with Crippen LogP contribution in [0.1, 0.15) is 128 Å². The zero-order valence-electron chi connectivity index (χ0n) is 20.7. The predicted octanol–water partition coefficient (Wildman–Crippen LogP) is 3.55. The van der Waals surface area contributed by atoms with Crippen LogP contribution in [0.4, 0.5) is 0 Å². The van der Waals surface area contributed by atoms with E-state index in [1.54, 1.807) is 5.96 Å². The van der Waals surface area contributed by atoms with Crippen molar-refractivity contribution in [3.63, 3.8) is 0 Å². The minimum atomic E-state index is 0. The maximum absolute atomic E-state index is 3.04. The number of rotatable bonds is 4. The van der Waals surface area contributed by atoms with Gasteiger partial charge in [-0.05, 0) is 51.4 Å². The highest BCUT2D eigenvalue weighted by molar-refractivity contribution is 5.77. The van der Waals surface area contributed by atoms with Crippen LogP contribution >= 0.6 is 0 Å². The summed E-state index contributed by atoms with van der Waals surface area (Å²) in [5, 5.41) is 0. The van der Waals surface area contributed by atoms with Gasteiger partial charge in [-0.15, -0.1) is 0 Å². The first kappa shape index (κ1) is 25.2. The van der Waals surface area contributed by atoms with Gasteiger partial charge in [0.05, 0.1) is 38.3 Å². The molecular formula is C27H50ClN3. The average Bonchev–Trinajstić information content (AvgIpc) is 2.81. The molecule has 180 valence electrons. The fraction of sp³-hybridized carbons (Fsp3) is 0.963. The molecule has 4 rings (SSSR count). The largest absolute Gasteiger partial charge is 1.00 e. The smallest absolute Gasteiger partial charge is 0.350 e. The molecule has 3 nitrogen and oxygen atoms in total. The van der Waals surface area contributed by atoms with Crippen LogP contribution in [0.2, 0.25) is 0 Å². The molecule has 0 radical (unpaired) electrons. The van der Waals surface area contributed by atoms with Gasteiger partial charge in [0.15, 0.2) is 0 Å². The highest BCUT2D eigenvalue weighted by Gasteiger charge is 2.45. The molecule has 0 saturated heterocycles. The van der Waals surface area contributed by atoms with Gasteiger partial charge in [0, 0.05) is 0 Å². The highest BCUT2D eigenvalue weighted by atomic mass is 35.5. The third-order valence-electron chi connectivity index (χ3n) is 8.73. The molecule has 4 saturated carbocycles. The lowest BCUT2D eigenvalue weighted by molar-refractivity contribution is -0.479. The minimum absolute atomic E-state index is 0. The van der Waals surface area contributed by atoms with Crippen molar-refractivity contribution in [1.29, 1.82) is 0 Å². The standard InChI is InChI=1S/C27H50N3.ClH/c1-28(2)27(29(23-15-7-3-8-16-23)24-17-9-4-10-18-24)30(25-19-11-5-12-20-25)26-21-13-6-14-22-26;/h23-26H,3-22H2,1-2H3;1H/q+1;/p-1. The molecule has 0 amide bonds. The van der Waals surface area contributed by atoms with Gasteiger partial charge < -0.3 is 12.4 Å². The third-order valence-corrected chi connectivity index (χ3v) is 8.73. The van der Waals surface area contributed by atoms with E-state index < -0.39 is 0 Å². The summed E-state index contributed by atoms with van der Waals surface area (Å²) in [7, 11) is 4.74. The summed E-state index contributed by atoms with van der Waals surface area (Å²) in [6.07, 6.45) is 28.8. The topological polar surface area (TPSA) is 9.49 Å². The Morgan fingerprint density at radius 2 is 0.677 bits per heavy atom. The molecule has 0 spiro atoms. The Bertz CT molecular complexity index is 457. The van der Waals surface area contributed by atoms with Gasteiger partial charge in [-0.2, -0.15) is 0 Å². The van der Waals surface area contributed by atoms with E-state index in [9.17, 15) is 0 Å². The van der Waals surface area contributed by atoms with Crippen molar-refractivity contribution in [1.82, 2.24) is 9.80 Å². The van der Waals surface area contributed by atoms with Gasteiger partial charge in [-0.3, -0.25) is 14.4 Å². The fourth-order valence-electron chi connectivity index (χ4n) is 7.28. The van der Waals surface area contributed by atoms with E-state index in [0.29, 0.717) is 0 Å². The van der Waals surface area contributed by atoms with Crippen molar-refractivity contribution in [2.24, 2.45) is 0 Å². The number of hydrogen-bond acceptors (Lipinski definition) is 0. The molecule has 0 aromatic rings. The summed E-state index contributed by atoms with van der Waals surface area (Å²) in [6, 6.07) is 3.14. The minimum Gasteiger partial charge on any atom is -1.00 e. The quantitative estimate of drug-likeness (QED) is 0.367. The maximum atomic E-state index is 3.04. The number of hydrogen-bond donors (Lipinski definition) is 0. The molecule has 4 fully saturated rings. The van der Waals surface area contributed by atoms with E-state index in [2.05, 4.69) is 28.5 Å². The van der Waals surface area contributed by atoms with Gasteiger partial charge >= 0.3 is 5.96 Å². The third kappa shape index (κ3) is 6.33. The van der Waals surface area contributed by atoms with Crippen LogP contribution in [0, 0.1) is 0 Å². The van der Waals surface area contributed by atoms with Crippen molar-refractivity contribution < 1.29 is 17.0 Å². The van der Waals surface area contributed by atoms with Crippen molar-refractivity contribution in [2.45, 2.75) is 153 Å². The van der Waals surface area contributed by atoms with Gasteiger partial charge in [0.25, 0.3) is 0 Å². The first-order valence-electron chi connectivity index (χ1n) is 13.9. The second-order valence-corrected chi connectivity index (χ2v) is 11.2. The average molecular weight is 452 g/mol. The number of guanidine groups is 1. The molecule has 4 aliphatic carbocycles. The molecule has 0 bridgehead atoms. The van der Waals surface area contributed by atoms with E-state index in [0.717, 1.165) is 24.2 Å². The molecule has 0 aromatic heterocycles. The normalized spacial score (nSPS) is 25.0. The molecule has 0 heterocycles. The molecule has 4 heteroatoms. The van der Waals surface area contributed by atoms with Crippen LogP contribution in [0.5, 0.6) is 0 Å². The zero-order valence-corrected chi connectivity index (χ0v) is 21.4. The summed E-state index contributed by atoms with van der Waals surface area (Å²) >= 11 is 0. The maximum Gasteiger partial charge on any atom is 0.350 e. The van der Waals surface area contributed by atoms with E-state index in [4.69, 9.17) is 0 Å². The first-order valence-corrected chi connectivity index (χ1v) is 13.9. The predicted molar refractivity (Wildman–Crippen MR) is 128 cm³/mol. The second kappa shape index (κ2) is 12.7. The Morgan fingerprint density at radius 3 is 0.871 bits per heavy atom. The van der Waals surface area contributed by atoms with Crippen LogP contribution in [0.25, 0.3) is 0 Å². The van der Waals surface area contributed by atoms with E-state index >= 15 is 0 Å². The van der Waals surface area contributed by atoms with E-state index in [1.807, 2.05) is 0 Å². The van der Waals surface area contributed by atoms with Gasteiger partial charge in [0.1, 0.15) is 0 Å². The summed E-state index contributed by atoms with van der Waals surface area (Å²) in [4.78, 5) is 6.09. The van der Waals surface area contributed by atoms with Crippen LogP contribution in [0.3, 0.4) is 0 Å². The molecule has 4 aliphatic rings. The molecule has 0 atom stereocenters. The molecule has 0 N–H and O–H groups in total. The fourth-order valence-corrected chi connectivity index (χ4v) is 7.28. The van der Waals surface area contributed by atoms with Crippen LogP contribution in [-0.2, 0) is 0 Å². The lowest BCUT2D eigenvalue weighted by atomic mass is 9.87. The number of nitrogens with zero attached hydrogens (tertiary/aromatic N) is 3. The van der Waals surface area contributed by atoms with E-state index in [-0.39, 0.29) is 12.4 Å². The van der Waals surface area contributed by atoms with Crippen molar-refractivity contribution in [2.75, 3.05) is 14.1 Å². The Hall–Kier alpha value is -0.440. The lowest BCUT2D eigenvalue weighted by Crippen LogP contribution is -3.00. The first-order chi connectivity index (χ1) is 14.8. The Labute approximate surface area is 199 Å². The molecular weight excluding hydrogens is 402 g/mol. The Morgan fingerprint density at radius 1 is 0.452 bits per heavy atom. The summed E-state index contributed by atoms with van der Waals surface area (Å²) < 4.78 is 2.56. The van der Waals surface area contributed by atoms with E-state index in [1.165, 1.54) is 128 Å². The zero-order chi connectivity index (χ0) is 20.8. The Balaban J connectivity index is 0.00000272. The van der Waals surface area contributed by atoms with Gasteiger partial charge in [-0.1, -0.05) is 77.0 Å². The van der Waals surface area contributed by atoms with Gasteiger partial charge in [-0.25, -0.2) is 0 Å². The molecule has 0 aromatic carbocycles. The lowest BCUT2D eigenvalue weighted by Gasteiger charge is -2.46. The van der Waals surface area contributed by atoms with Crippen LogP contribution in [0.15, 0.2) is 0 Å². The van der Waals surface area contributed by atoms with Crippen LogP contribution in [-0.4, -0.2) is 58.6 Å². The Kier molecular flexibility index (Phi) is 10.3. The summed E-state index contributed by atoms with van der Waals surface area (Å²) in [5.41, 5.74) is 0. The summed E-state index contributed by atoms with van der Waals surface area (Å²) in [6.45, 7) is 0. The SMILES string of the molecule is C[N+](C)=C(N(C1CCCCC1)C1CCCCC1)N(C1CCCCC1)C1CCCCC1.[Cl-]. The monoisotopic (exact) mass is 451 g/mol. The van der Waals surface area contributed by atoms with Gasteiger partial charge in [0.2, 0.25) is 0 Å². The summed E-state index contributed by atoms with van der Waals surface area (Å²) in [5.74, 6) is 1.65. The van der Waals surface area contributed by atoms with Crippen molar-refractivity contribution >= 4 is 5.96 Å². The van der Waals surface area contributed by atoms with Crippen molar-refractivity contribution in [3.05, 3.63) is 0 Å². The highest BCUT2D eigenvalue weighted by Crippen LogP contribution is 2.36. The molecule has 0 aliphatic heterocycles. The molecule has 0 unspecified atom stereocenters.